The highest BCUT2D eigenvalue weighted by atomic mass is 127. The Morgan fingerprint density at radius 1 is 1.36 bits per heavy atom. The van der Waals surface area contributed by atoms with E-state index < -0.39 is 0 Å². The lowest BCUT2D eigenvalue weighted by Gasteiger charge is -2.33. The van der Waals surface area contributed by atoms with Crippen LogP contribution in [0.5, 0.6) is 5.75 Å². The first-order valence-electron chi connectivity index (χ1n) is 8.49. The summed E-state index contributed by atoms with van der Waals surface area (Å²) in [5.74, 6) is 1.77. The van der Waals surface area contributed by atoms with Crippen LogP contribution in [0.3, 0.4) is 0 Å². The lowest BCUT2D eigenvalue weighted by Crippen LogP contribution is -2.48. The maximum absolute atomic E-state index is 11.6. The maximum Gasteiger partial charge on any atom is 0.308 e. The van der Waals surface area contributed by atoms with E-state index >= 15 is 0 Å². The number of nitrogens with one attached hydrogen (secondary N) is 1. The van der Waals surface area contributed by atoms with Crippen molar-refractivity contribution in [1.82, 2.24) is 10.2 Å². The van der Waals surface area contributed by atoms with Gasteiger partial charge in [-0.3, -0.25) is 9.79 Å². The van der Waals surface area contributed by atoms with E-state index in [0.29, 0.717) is 0 Å². The van der Waals surface area contributed by atoms with Crippen LogP contribution >= 0.6 is 24.0 Å². The van der Waals surface area contributed by atoms with Gasteiger partial charge in [-0.1, -0.05) is 18.2 Å². The van der Waals surface area contributed by atoms with Gasteiger partial charge in [-0.15, -0.1) is 24.0 Å². The number of rotatable bonds is 3. The Morgan fingerprint density at radius 2 is 2.08 bits per heavy atom. The van der Waals surface area contributed by atoms with Gasteiger partial charge in [0, 0.05) is 26.6 Å². The molecule has 1 aromatic carbocycles. The Balaban J connectivity index is 0.00000225. The number of benzene rings is 1. The molecule has 0 spiro atoms. The van der Waals surface area contributed by atoms with Gasteiger partial charge in [0.2, 0.25) is 0 Å². The highest BCUT2D eigenvalue weighted by Gasteiger charge is 2.28. The summed E-state index contributed by atoms with van der Waals surface area (Å²) in [5, 5.41) is 3.41. The molecule has 0 radical (unpaired) electrons. The molecule has 0 amide bonds. The molecule has 1 atom stereocenters. The fourth-order valence-corrected chi connectivity index (χ4v) is 3.40. The fourth-order valence-electron chi connectivity index (χ4n) is 3.40. The molecule has 1 N–H and O–H groups in total. The van der Waals surface area contributed by atoms with Crippen molar-refractivity contribution in [2.45, 2.75) is 25.4 Å². The zero-order valence-electron chi connectivity index (χ0n) is 14.7. The van der Waals surface area contributed by atoms with Gasteiger partial charge >= 0.3 is 5.97 Å². The van der Waals surface area contributed by atoms with Crippen LogP contribution in [0.15, 0.2) is 29.3 Å². The average Bonchev–Trinajstić information content (AvgIpc) is 3.05. The molecule has 1 unspecified atom stereocenters. The van der Waals surface area contributed by atoms with Gasteiger partial charge in [0.05, 0.1) is 19.6 Å². The molecule has 2 heterocycles. The minimum Gasteiger partial charge on any atom is -0.488 e. The van der Waals surface area contributed by atoms with Crippen molar-refractivity contribution in [2.75, 3.05) is 33.8 Å². The molecule has 0 aromatic heterocycles. The number of fused-ring (bicyclic) bond motifs is 1. The van der Waals surface area contributed by atoms with Crippen LogP contribution in [0.25, 0.3) is 0 Å². The summed E-state index contributed by atoms with van der Waals surface area (Å²) in [7, 11) is 3.24. The number of guanidine groups is 1. The first-order chi connectivity index (χ1) is 11.7. The molecule has 25 heavy (non-hydrogen) atoms. The van der Waals surface area contributed by atoms with Crippen LogP contribution in [-0.4, -0.2) is 56.7 Å². The molecular weight excluding hydrogens is 433 g/mol. The van der Waals surface area contributed by atoms with Crippen molar-refractivity contribution in [2.24, 2.45) is 10.9 Å². The highest BCUT2D eigenvalue weighted by Crippen LogP contribution is 2.27. The number of hydrogen-bond acceptors (Lipinski definition) is 4. The number of esters is 1. The van der Waals surface area contributed by atoms with Crippen LogP contribution in [0, 0.1) is 5.92 Å². The molecule has 0 aliphatic carbocycles. The molecular formula is C18H26IN3O3. The van der Waals surface area contributed by atoms with E-state index in [1.165, 1.54) is 12.7 Å². The molecule has 3 rings (SSSR count). The predicted octanol–water partition coefficient (Wildman–Crippen LogP) is 2.07. The van der Waals surface area contributed by atoms with Crippen molar-refractivity contribution in [1.29, 1.82) is 0 Å². The second-order valence-electron chi connectivity index (χ2n) is 6.26. The molecule has 0 saturated carbocycles. The minimum atomic E-state index is -0.102. The maximum atomic E-state index is 11.6. The van der Waals surface area contributed by atoms with E-state index in [-0.39, 0.29) is 42.0 Å². The van der Waals surface area contributed by atoms with Gasteiger partial charge in [-0.05, 0) is 24.5 Å². The first kappa shape index (κ1) is 19.8. The van der Waals surface area contributed by atoms with E-state index in [4.69, 9.17) is 9.47 Å². The molecule has 1 fully saturated rings. The van der Waals surface area contributed by atoms with E-state index in [1.54, 1.807) is 7.05 Å². The zero-order valence-corrected chi connectivity index (χ0v) is 17.1. The molecule has 6 nitrogen and oxygen atoms in total. The number of methoxy groups -OCH3 is 1. The third kappa shape index (κ3) is 4.77. The lowest BCUT2D eigenvalue weighted by molar-refractivity contribution is -0.146. The molecule has 138 valence electrons. The highest BCUT2D eigenvalue weighted by molar-refractivity contribution is 14.0. The topological polar surface area (TPSA) is 63.2 Å². The Morgan fingerprint density at radius 3 is 2.72 bits per heavy atom. The average molecular weight is 459 g/mol. The summed E-state index contributed by atoms with van der Waals surface area (Å²) in [6.07, 6.45) is 2.66. The monoisotopic (exact) mass is 459 g/mol. The number of piperidine rings is 1. The second kappa shape index (κ2) is 9.26. The summed E-state index contributed by atoms with van der Waals surface area (Å²) < 4.78 is 10.8. The summed E-state index contributed by atoms with van der Waals surface area (Å²) in [6, 6.07) is 8.17. The smallest absolute Gasteiger partial charge is 0.308 e. The number of carbonyl (C=O) groups excluding carboxylic acids is 1. The third-order valence-electron chi connectivity index (χ3n) is 4.74. The lowest BCUT2D eigenvalue weighted by atomic mass is 9.97. The van der Waals surface area contributed by atoms with Crippen LogP contribution in [-0.2, 0) is 16.0 Å². The van der Waals surface area contributed by atoms with Gasteiger partial charge < -0.3 is 19.7 Å². The Labute approximate surface area is 166 Å². The van der Waals surface area contributed by atoms with Gasteiger partial charge in [-0.25, -0.2) is 0 Å². The SMILES string of the molecule is CN=C(NCC1Cc2ccccc2O1)N1CCC(C(=O)OC)CC1.I. The molecule has 1 aromatic rings. The minimum absolute atomic E-state index is 0. The largest absolute Gasteiger partial charge is 0.488 e. The number of ether oxygens (including phenoxy) is 2. The predicted molar refractivity (Wildman–Crippen MR) is 108 cm³/mol. The molecule has 1 saturated heterocycles. The van der Waals surface area contributed by atoms with Crippen LogP contribution in [0.1, 0.15) is 18.4 Å². The second-order valence-corrected chi connectivity index (χ2v) is 6.26. The van der Waals surface area contributed by atoms with Crippen molar-refractivity contribution in [3.63, 3.8) is 0 Å². The van der Waals surface area contributed by atoms with E-state index in [9.17, 15) is 4.79 Å². The molecule has 0 bridgehead atoms. The molecule has 7 heteroatoms. The van der Waals surface area contributed by atoms with Crippen molar-refractivity contribution in [3.8, 4) is 5.75 Å². The van der Waals surface area contributed by atoms with Gasteiger partial charge in [0.25, 0.3) is 0 Å². The standard InChI is InChI=1S/C18H25N3O3.HI/c1-19-18(21-9-7-13(8-10-21)17(22)23-2)20-12-15-11-14-5-3-4-6-16(14)24-15;/h3-6,13,15H,7-12H2,1-2H3,(H,19,20);1H. The number of nitrogens with zero attached hydrogens (tertiary/aromatic N) is 2. The van der Waals surface area contributed by atoms with E-state index in [0.717, 1.165) is 50.6 Å². The number of likely N-dealkylation sites (tertiary alicyclic amines) is 1. The van der Waals surface area contributed by atoms with E-state index in [1.807, 2.05) is 18.2 Å². The van der Waals surface area contributed by atoms with Gasteiger partial charge in [0.15, 0.2) is 5.96 Å². The normalized spacial score (nSPS) is 20.3. The molecule has 2 aliphatic heterocycles. The number of carbonyl (C=O) groups is 1. The summed E-state index contributed by atoms with van der Waals surface area (Å²) in [6.45, 7) is 2.34. The first-order valence-corrected chi connectivity index (χ1v) is 8.49. The number of hydrogen-bond donors (Lipinski definition) is 1. The van der Waals surface area contributed by atoms with Gasteiger partial charge in [-0.2, -0.15) is 0 Å². The summed E-state index contributed by atoms with van der Waals surface area (Å²) in [5.41, 5.74) is 1.26. The Kier molecular flexibility index (Phi) is 7.34. The number of para-hydroxylation sites is 1. The van der Waals surface area contributed by atoms with Crippen LogP contribution in [0.2, 0.25) is 0 Å². The number of halogens is 1. The number of aliphatic imine (C=N–C) groups is 1. The molecule has 2 aliphatic rings. The summed E-state index contributed by atoms with van der Waals surface area (Å²) >= 11 is 0. The van der Waals surface area contributed by atoms with Crippen LogP contribution in [0.4, 0.5) is 0 Å². The Bertz CT molecular complexity index is 590. The van der Waals surface area contributed by atoms with Crippen molar-refractivity contribution >= 4 is 35.9 Å². The quantitative estimate of drug-likeness (QED) is 0.325. The van der Waals surface area contributed by atoms with Crippen molar-refractivity contribution in [3.05, 3.63) is 29.8 Å². The Hall–Kier alpha value is -1.51. The summed E-state index contributed by atoms with van der Waals surface area (Å²) in [4.78, 5) is 18.2. The van der Waals surface area contributed by atoms with E-state index in [2.05, 4.69) is 21.3 Å². The van der Waals surface area contributed by atoms with Gasteiger partial charge in [0.1, 0.15) is 11.9 Å². The zero-order chi connectivity index (χ0) is 16.9. The van der Waals surface area contributed by atoms with Crippen molar-refractivity contribution < 1.29 is 14.3 Å². The third-order valence-corrected chi connectivity index (χ3v) is 4.74. The fraction of sp³-hybridized carbons (Fsp3) is 0.556. The van der Waals surface area contributed by atoms with Crippen LogP contribution < -0.4 is 10.1 Å².